The Kier molecular flexibility index (Phi) is 9.27. The highest BCUT2D eigenvalue weighted by molar-refractivity contribution is 6.04. The van der Waals surface area contributed by atoms with Crippen molar-refractivity contribution in [3.63, 3.8) is 0 Å². The maximum atomic E-state index is 13.0. The molecule has 0 fully saturated rings. The number of esters is 1. The van der Waals surface area contributed by atoms with Gasteiger partial charge in [0.05, 0.1) is 39.7 Å². The average Bonchev–Trinajstić information content (AvgIpc) is 3.43. The minimum atomic E-state index is -0.508. The Morgan fingerprint density at radius 3 is 2.07 bits per heavy atom. The number of aryl methyl sites for hydroxylation is 2. The van der Waals surface area contributed by atoms with Gasteiger partial charge in [0, 0.05) is 23.7 Å². The first-order valence-corrected chi connectivity index (χ1v) is 14.4. The monoisotopic (exact) mass is 621 g/mol. The van der Waals surface area contributed by atoms with Crippen LogP contribution in [-0.2, 0) is 4.79 Å². The molecule has 0 aliphatic rings. The van der Waals surface area contributed by atoms with Gasteiger partial charge in [-0.2, -0.15) is 9.78 Å². The van der Waals surface area contributed by atoms with Crippen LogP contribution >= 0.6 is 0 Å². The second kappa shape index (κ2) is 13.5. The molecule has 5 rings (SSSR count). The number of anilines is 1. The third-order valence-electron chi connectivity index (χ3n) is 7.38. The van der Waals surface area contributed by atoms with E-state index < -0.39 is 5.97 Å². The van der Waals surface area contributed by atoms with E-state index in [1.807, 2.05) is 44.2 Å². The first kappa shape index (κ1) is 31.6. The molecule has 0 bridgehead atoms. The fourth-order valence-electron chi connectivity index (χ4n) is 5.11. The first-order valence-electron chi connectivity index (χ1n) is 14.4. The third-order valence-corrected chi connectivity index (χ3v) is 7.38. The number of hydrogen-bond donors (Lipinski definition) is 1. The number of nitrogens with zero attached hydrogens (tertiary/aromatic N) is 2. The van der Waals surface area contributed by atoms with Crippen molar-refractivity contribution < 1.29 is 33.3 Å². The van der Waals surface area contributed by atoms with E-state index in [1.54, 1.807) is 74.5 Å². The predicted molar refractivity (Wildman–Crippen MR) is 176 cm³/mol. The number of carbonyl (C=O) groups is 2. The zero-order valence-electron chi connectivity index (χ0n) is 26.8. The highest BCUT2D eigenvalue weighted by atomic mass is 16.5. The van der Waals surface area contributed by atoms with Gasteiger partial charge in [0.25, 0.3) is 5.91 Å². The number of benzene rings is 4. The molecule has 1 N–H and O–H groups in total. The van der Waals surface area contributed by atoms with E-state index in [4.69, 9.17) is 28.8 Å². The number of amides is 1. The standard InChI is InChI=1S/C36H35N3O7/c1-21-11-12-22(2)29(17-21)39-36(46-23(3)40)32(33(38-39)26-19-30(43-5)34(45-7)31(20-26)44-6)24-13-15-27(16-14-24)37-35(41)25-9-8-10-28(18-25)42-4/h8-20H,1-7H3,(H,37,41). The molecule has 46 heavy (non-hydrogen) atoms. The van der Waals surface area contributed by atoms with Crippen LogP contribution in [0.5, 0.6) is 28.9 Å². The maximum Gasteiger partial charge on any atom is 0.309 e. The Balaban J connectivity index is 1.69. The molecule has 0 radical (unpaired) electrons. The summed E-state index contributed by atoms with van der Waals surface area (Å²) >= 11 is 0. The van der Waals surface area contributed by atoms with Crippen molar-refractivity contribution in [1.82, 2.24) is 9.78 Å². The van der Waals surface area contributed by atoms with Crippen LogP contribution in [0.1, 0.15) is 28.4 Å². The second-order valence-electron chi connectivity index (χ2n) is 10.5. The molecule has 0 atom stereocenters. The van der Waals surface area contributed by atoms with Crippen LogP contribution in [0.25, 0.3) is 28.1 Å². The molecular weight excluding hydrogens is 586 g/mol. The zero-order valence-corrected chi connectivity index (χ0v) is 26.8. The largest absolute Gasteiger partial charge is 0.497 e. The maximum absolute atomic E-state index is 13.0. The van der Waals surface area contributed by atoms with Crippen LogP contribution in [0, 0.1) is 13.8 Å². The molecule has 0 aliphatic carbocycles. The topological polar surface area (TPSA) is 110 Å². The Labute approximate surface area is 267 Å². The van der Waals surface area contributed by atoms with Crippen LogP contribution in [0.3, 0.4) is 0 Å². The molecular formula is C36H35N3O7. The van der Waals surface area contributed by atoms with Gasteiger partial charge in [-0.1, -0.05) is 30.3 Å². The summed E-state index contributed by atoms with van der Waals surface area (Å²) in [4.78, 5) is 25.5. The van der Waals surface area contributed by atoms with Crippen molar-refractivity contribution in [3.8, 4) is 56.9 Å². The second-order valence-corrected chi connectivity index (χ2v) is 10.5. The third kappa shape index (κ3) is 6.37. The summed E-state index contributed by atoms with van der Waals surface area (Å²) in [6, 6.07) is 23.7. The quantitative estimate of drug-likeness (QED) is 0.166. The van der Waals surface area contributed by atoms with E-state index in [0.29, 0.717) is 56.6 Å². The summed E-state index contributed by atoms with van der Waals surface area (Å²) < 4.78 is 29.6. The zero-order chi connectivity index (χ0) is 33.0. The molecule has 1 amide bonds. The molecule has 10 nitrogen and oxygen atoms in total. The lowest BCUT2D eigenvalue weighted by Gasteiger charge is -2.14. The summed E-state index contributed by atoms with van der Waals surface area (Å²) in [5, 5.41) is 7.94. The van der Waals surface area contributed by atoms with Crippen molar-refractivity contribution in [2.24, 2.45) is 0 Å². The van der Waals surface area contributed by atoms with Gasteiger partial charge in [-0.3, -0.25) is 9.59 Å². The molecule has 0 unspecified atom stereocenters. The minimum Gasteiger partial charge on any atom is -0.497 e. The van der Waals surface area contributed by atoms with Crippen LogP contribution in [-0.4, -0.2) is 50.1 Å². The van der Waals surface area contributed by atoms with Crippen LogP contribution in [0.4, 0.5) is 5.69 Å². The molecule has 0 aliphatic heterocycles. The van der Waals surface area contributed by atoms with Crippen molar-refractivity contribution in [1.29, 1.82) is 0 Å². The Morgan fingerprint density at radius 2 is 1.46 bits per heavy atom. The van der Waals surface area contributed by atoms with Gasteiger partial charge in [-0.15, -0.1) is 0 Å². The van der Waals surface area contributed by atoms with Crippen molar-refractivity contribution in [2.75, 3.05) is 33.8 Å². The first-order chi connectivity index (χ1) is 22.2. The van der Waals surface area contributed by atoms with Crippen LogP contribution in [0.15, 0.2) is 78.9 Å². The van der Waals surface area contributed by atoms with E-state index in [9.17, 15) is 9.59 Å². The molecule has 5 aromatic rings. The van der Waals surface area contributed by atoms with Gasteiger partial charge < -0.3 is 29.0 Å². The number of rotatable bonds is 10. The molecule has 0 saturated heterocycles. The number of ether oxygens (including phenoxy) is 5. The fourth-order valence-corrected chi connectivity index (χ4v) is 5.11. The summed E-state index contributed by atoms with van der Waals surface area (Å²) in [6.07, 6.45) is 0. The summed E-state index contributed by atoms with van der Waals surface area (Å²) in [5.41, 5.74) is 6.10. The molecule has 4 aromatic carbocycles. The van der Waals surface area contributed by atoms with Gasteiger partial charge in [0.2, 0.25) is 11.6 Å². The molecule has 0 spiro atoms. The normalized spacial score (nSPS) is 10.7. The van der Waals surface area contributed by atoms with Crippen molar-refractivity contribution in [3.05, 3.63) is 95.6 Å². The van der Waals surface area contributed by atoms with Gasteiger partial charge >= 0.3 is 5.97 Å². The SMILES string of the molecule is COc1cccc(C(=O)Nc2ccc(-c3c(-c4cc(OC)c(OC)c(OC)c4)nn(-c4cc(C)ccc4C)c3OC(C)=O)cc2)c1. The van der Waals surface area contributed by atoms with Gasteiger partial charge in [-0.25, -0.2) is 0 Å². The van der Waals surface area contributed by atoms with E-state index in [2.05, 4.69) is 5.32 Å². The smallest absolute Gasteiger partial charge is 0.309 e. The lowest BCUT2D eigenvalue weighted by molar-refractivity contribution is -0.132. The molecule has 1 aromatic heterocycles. The molecule has 236 valence electrons. The van der Waals surface area contributed by atoms with Crippen LogP contribution in [0.2, 0.25) is 0 Å². The van der Waals surface area contributed by atoms with E-state index in [0.717, 1.165) is 16.8 Å². The molecule has 10 heteroatoms. The Morgan fingerprint density at radius 1 is 0.761 bits per heavy atom. The fraction of sp³-hybridized carbons (Fsp3) is 0.194. The average molecular weight is 622 g/mol. The van der Waals surface area contributed by atoms with E-state index in [1.165, 1.54) is 14.0 Å². The summed E-state index contributed by atoms with van der Waals surface area (Å²) in [7, 11) is 6.17. The predicted octanol–water partition coefficient (Wildman–Crippen LogP) is 7.04. The highest BCUT2D eigenvalue weighted by Crippen LogP contribution is 2.46. The lowest BCUT2D eigenvalue weighted by atomic mass is 10.00. The minimum absolute atomic E-state index is 0.234. The van der Waals surface area contributed by atoms with Crippen molar-refractivity contribution in [2.45, 2.75) is 20.8 Å². The number of hydrogen-bond acceptors (Lipinski definition) is 8. The number of carbonyl (C=O) groups excluding carboxylic acids is 2. The summed E-state index contributed by atoms with van der Waals surface area (Å²) in [5.74, 6) is 1.33. The number of nitrogens with one attached hydrogen (secondary N) is 1. The number of aromatic nitrogens is 2. The molecule has 1 heterocycles. The highest BCUT2D eigenvalue weighted by Gasteiger charge is 2.27. The van der Waals surface area contributed by atoms with E-state index >= 15 is 0 Å². The van der Waals surface area contributed by atoms with E-state index in [-0.39, 0.29) is 11.8 Å². The van der Waals surface area contributed by atoms with Crippen molar-refractivity contribution >= 4 is 17.6 Å². The molecule has 0 saturated carbocycles. The van der Waals surface area contributed by atoms with Gasteiger partial charge in [0.15, 0.2) is 11.5 Å². The number of methoxy groups -OCH3 is 4. The summed E-state index contributed by atoms with van der Waals surface area (Å²) in [6.45, 7) is 5.30. The Bertz CT molecular complexity index is 1890. The van der Waals surface area contributed by atoms with Gasteiger partial charge in [-0.05, 0) is 79.1 Å². The lowest BCUT2D eigenvalue weighted by Crippen LogP contribution is -2.11. The van der Waals surface area contributed by atoms with Crippen LogP contribution < -0.4 is 29.0 Å². The Hall–Kier alpha value is -5.77. The van der Waals surface area contributed by atoms with Gasteiger partial charge in [0.1, 0.15) is 11.4 Å².